The highest BCUT2D eigenvalue weighted by Gasteiger charge is 2.07. The summed E-state index contributed by atoms with van der Waals surface area (Å²) in [5.74, 6) is 1.01. The van der Waals surface area contributed by atoms with Gasteiger partial charge in [0, 0.05) is 18.7 Å². The maximum atomic E-state index is 12.1. The van der Waals surface area contributed by atoms with Crippen LogP contribution in [0.15, 0.2) is 53.6 Å². The summed E-state index contributed by atoms with van der Waals surface area (Å²) < 4.78 is 10.5. The Morgan fingerprint density at radius 1 is 0.900 bits per heavy atom. The molecule has 0 unspecified atom stereocenters. The van der Waals surface area contributed by atoms with Gasteiger partial charge >= 0.3 is 0 Å². The Balaban J connectivity index is 1.69. The summed E-state index contributed by atoms with van der Waals surface area (Å²) in [6.45, 7) is 2.20. The SMILES string of the molecule is COc1ccc(CCNC(=O)C/C(C)=N/NC(=O)CCc2ccccc2)cc1OC. The van der Waals surface area contributed by atoms with E-state index in [1.165, 1.54) is 0 Å². The van der Waals surface area contributed by atoms with Crippen LogP contribution >= 0.6 is 0 Å². The molecule has 0 aliphatic carbocycles. The molecule has 0 aromatic heterocycles. The first-order chi connectivity index (χ1) is 14.5. The smallest absolute Gasteiger partial charge is 0.240 e. The summed E-state index contributed by atoms with van der Waals surface area (Å²) >= 11 is 0. The van der Waals surface area contributed by atoms with Gasteiger partial charge in [0.05, 0.1) is 20.6 Å². The molecule has 30 heavy (non-hydrogen) atoms. The van der Waals surface area contributed by atoms with Gasteiger partial charge in [0.15, 0.2) is 11.5 Å². The Kier molecular flexibility index (Phi) is 9.37. The van der Waals surface area contributed by atoms with Crippen molar-refractivity contribution in [1.29, 1.82) is 0 Å². The number of aryl methyl sites for hydroxylation is 1. The Morgan fingerprint density at radius 2 is 1.63 bits per heavy atom. The highest BCUT2D eigenvalue weighted by atomic mass is 16.5. The summed E-state index contributed by atoms with van der Waals surface area (Å²) in [7, 11) is 3.18. The van der Waals surface area contributed by atoms with E-state index in [0.29, 0.717) is 43.0 Å². The summed E-state index contributed by atoms with van der Waals surface area (Å²) in [5, 5.41) is 6.87. The molecule has 7 nitrogen and oxygen atoms in total. The summed E-state index contributed by atoms with van der Waals surface area (Å²) in [6, 6.07) is 15.5. The van der Waals surface area contributed by atoms with Crippen LogP contribution < -0.4 is 20.2 Å². The van der Waals surface area contributed by atoms with Crippen molar-refractivity contribution in [1.82, 2.24) is 10.7 Å². The lowest BCUT2D eigenvalue weighted by molar-refractivity contribution is -0.121. The van der Waals surface area contributed by atoms with Crippen LogP contribution in [0.4, 0.5) is 0 Å². The van der Waals surface area contributed by atoms with Gasteiger partial charge in [-0.15, -0.1) is 0 Å². The molecule has 7 heteroatoms. The molecule has 0 aliphatic heterocycles. The van der Waals surface area contributed by atoms with Crippen molar-refractivity contribution in [3.05, 3.63) is 59.7 Å². The molecule has 2 rings (SSSR count). The fraction of sp³-hybridized carbons (Fsp3) is 0.348. The fourth-order valence-corrected chi connectivity index (χ4v) is 2.83. The highest BCUT2D eigenvalue weighted by Crippen LogP contribution is 2.27. The third-order valence-electron chi connectivity index (χ3n) is 4.46. The van der Waals surface area contributed by atoms with Crippen molar-refractivity contribution in [2.45, 2.75) is 32.6 Å². The lowest BCUT2D eigenvalue weighted by Gasteiger charge is -2.10. The monoisotopic (exact) mass is 411 g/mol. The Morgan fingerprint density at radius 3 is 2.33 bits per heavy atom. The third-order valence-corrected chi connectivity index (χ3v) is 4.46. The van der Waals surface area contributed by atoms with Crippen molar-refractivity contribution >= 4 is 17.5 Å². The zero-order valence-electron chi connectivity index (χ0n) is 17.7. The number of rotatable bonds is 11. The van der Waals surface area contributed by atoms with Crippen LogP contribution in [0.2, 0.25) is 0 Å². The Bertz CT molecular complexity index is 866. The number of carbonyl (C=O) groups excluding carboxylic acids is 2. The van der Waals surface area contributed by atoms with Crippen LogP contribution in [0, 0.1) is 0 Å². The minimum Gasteiger partial charge on any atom is -0.493 e. The number of methoxy groups -OCH3 is 2. The van der Waals surface area contributed by atoms with Crippen molar-refractivity contribution in [2.24, 2.45) is 5.10 Å². The van der Waals surface area contributed by atoms with Gasteiger partial charge < -0.3 is 14.8 Å². The quantitative estimate of drug-likeness (QED) is 0.440. The van der Waals surface area contributed by atoms with Gasteiger partial charge in [-0.3, -0.25) is 9.59 Å². The molecule has 0 atom stereocenters. The largest absolute Gasteiger partial charge is 0.493 e. The topological polar surface area (TPSA) is 89.0 Å². The van der Waals surface area contributed by atoms with Crippen molar-refractivity contribution < 1.29 is 19.1 Å². The standard InChI is InChI=1S/C23H29N3O4/c1-17(25-26-22(27)12-10-18-7-5-4-6-8-18)15-23(28)24-14-13-19-9-11-20(29-2)21(16-19)30-3/h4-9,11,16H,10,12-15H2,1-3H3,(H,24,28)(H,26,27)/b25-17+. The van der Waals surface area contributed by atoms with E-state index in [1.807, 2.05) is 48.5 Å². The molecule has 0 fully saturated rings. The van der Waals surface area contributed by atoms with E-state index in [1.54, 1.807) is 21.1 Å². The maximum Gasteiger partial charge on any atom is 0.240 e. The molecule has 2 aromatic carbocycles. The van der Waals surface area contributed by atoms with Gasteiger partial charge in [0.2, 0.25) is 11.8 Å². The first-order valence-corrected chi connectivity index (χ1v) is 9.85. The van der Waals surface area contributed by atoms with Crippen LogP contribution in [-0.4, -0.2) is 38.3 Å². The Labute approximate surface area is 177 Å². The molecule has 0 saturated carbocycles. The van der Waals surface area contributed by atoms with Crippen LogP contribution in [0.3, 0.4) is 0 Å². The predicted octanol–water partition coefficient (Wildman–Crippen LogP) is 2.88. The minimum absolute atomic E-state index is 0.130. The highest BCUT2D eigenvalue weighted by molar-refractivity contribution is 6.00. The van der Waals surface area contributed by atoms with E-state index in [-0.39, 0.29) is 18.2 Å². The van der Waals surface area contributed by atoms with E-state index in [0.717, 1.165) is 11.1 Å². The number of ether oxygens (including phenoxy) is 2. The van der Waals surface area contributed by atoms with Crippen LogP contribution in [0.5, 0.6) is 11.5 Å². The van der Waals surface area contributed by atoms with Crippen molar-refractivity contribution in [2.75, 3.05) is 20.8 Å². The zero-order valence-corrected chi connectivity index (χ0v) is 17.7. The van der Waals surface area contributed by atoms with Gasteiger partial charge in [-0.05, 0) is 43.0 Å². The van der Waals surface area contributed by atoms with Crippen LogP contribution in [-0.2, 0) is 22.4 Å². The van der Waals surface area contributed by atoms with Gasteiger partial charge in [-0.2, -0.15) is 5.10 Å². The second kappa shape index (κ2) is 12.3. The molecular weight excluding hydrogens is 382 g/mol. The number of amides is 2. The van der Waals surface area contributed by atoms with E-state index < -0.39 is 0 Å². The third kappa shape index (κ3) is 7.95. The van der Waals surface area contributed by atoms with Gasteiger partial charge in [-0.1, -0.05) is 36.4 Å². The minimum atomic E-state index is -0.174. The average molecular weight is 412 g/mol. The second-order valence-electron chi connectivity index (χ2n) is 6.83. The maximum absolute atomic E-state index is 12.1. The predicted molar refractivity (Wildman–Crippen MR) is 117 cm³/mol. The molecule has 2 amide bonds. The van der Waals surface area contributed by atoms with Crippen LogP contribution in [0.25, 0.3) is 0 Å². The van der Waals surface area contributed by atoms with Crippen molar-refractivity contribution in [3.8, 4) is 11.5 Å². The lowest BCUT2D eigenvalue weighted by atomic mass is 10.1. The van der Waals surface area contributed by atoms with E-state index in [9.17, 15) is 9.59 Å². The number of nitrogens with one attached hydrogen (secondary N) is 2. The summed E-state index contributed by atoms with van der Waals surface area (Å²) in [6.07, 6.45) is 1.79. The van der Waals surface area contributed by atoms with E-state index in [2.05, 4.69) is 15.8 Å². The lowest BCUT2D eigenvalue weighted by Crippen LogP contribution is -2.28. The molecule has 0 radical (unpaired) electrons. The number of nitrogens with zero attached hydrogens (tertiary/aromatic N) is 1. The first-order valence-electron chi connectivity index (χ1n) is 9.85. The number of hydrogen-bond donors (Lipinski definition) is 2. The van der Waals surface area contributed by atoms with Gasteiger partial charge in [0.1, 0.15) is 0 Å². The normalized spacial score (nSPS) is 11.0. The van der Waals surface area contributed by atoms with E-state index >= 15 is 0 Å². The second-order valence-corrected chi connectivity index (χ2v) is 6.83. The fourth-order valence-electron chi connectivity index (χ4n) is 2.83. The Hall–Kier alpha value is -3.35. The van der Waals surface area contributed by atoms with Gasteiger partial charge in [0.25, 0.3) is 0 Å². The molecule has 0 aliphatic rings. The summed E-state index contributed by atoms with van der Waals surface area (Å²) in [5.41, 5.74) is 5.19. The van der Waals surface area contributed by atoms with Crippen molar-refractivity contribution in [3.63, 3.8) is 0 Å². The summed E-state index contributed by atoms with van der Waals surface area (Å²) in [4.78, 5) is 24.0. The molecular formula is C23H29N3O4. The number of benzene rings is 2. The number of hydrazone groups is 1. The molecule has 0 spiro atoms. The molecule has 160 valence electrons. The number of hydrogen-bond acceptors (Lipinski definition) is 5. The number of carbonyl (C=O) groups is 2. The van der Waals surface area contributed by atoms with Crippen LogP contribution in [0.1, 0.15) is 30.9 Å². The molecule has 0 saturated heterocycles. The molecule has 2 N–H and O–H groups in total. The first kappa shape index (κ1) is 22.9. The average Bonchev–Trinajstić information content (AvgIpc) is 2.76. The molecule has 0 heterocycles. The zero-order chi connectivity index (χ0) is 21.8. The molecule has 0 bridgehead atoms. The molecule has 2 aromatic rings. The van der Waals surface area contributed by atoms with Gasteiger partial charge in [-0.25, -0.2) is 5.43 Å². The van der Waals surface area contributed by atoms with E-state index in [4.69, 9.17) is 9.47 Å².